The molecule has 1 spiro atoms. The number of aldehydes is 3. The van der Waals surface area contributed by atoms with Gasteiger partial charge in [-0.1, -0.05) is 78.9 Å². The molecule has 3 nitrogen and oxygen atoms in total. The van der Waals surface area contributed by atoms with Crippen LogP contribution in [0.5, 0.6) is 0 Å². The molecule has 6 unspecified atom stereocenters. The Morgan fingerprint density at radius 2 is 1.30 bits per heavy atom. The first-order valence-corrected chi connectivity index (χ1v) is 11.8. The summed E-state index contributed by atoms with van der Waals surface area (Å²) in [4.78, 5) is 37.0. The molecule has 0 aromatic heterocycles. The van der Waals surface area contributed by atoms with E-state index in [9.17, 15) is 14.4 Å². The molecule has 7 aliphatic carbocycles. The highest BCUT2D eigenvalue weighted by atomic mass is 16.1. The Hall–Kier alpha value is -3.33. The van der Waals surface area contributed by atoms with E-state index in [1.54, 1.807) is 0 Å². The number of hydrogen-bond acceptors (Lipinski definition) is 3. The van der Waals surface area contributed by atoms with E-state index in [4.69, 9.17) is 0 Å². The third-order valence-corrected chi connectivity index (χ3v) is 9.35. The van der Waals surface area contributed by atoms with Gasteiger partial charge in [-0.2, -0.15) is 0 Å². The number of carbonyl (C=O) groups is 3. The molecule has 7 aliphatic rings. The van der Waals surface area contributed by atoms with Crippen LogP contribution in [0.1, 0.15) is 53.4 Å². The van der Waals surface area contributed by atoms with Gasteiger partial charge in [0.05, 0.1) is 16.2 Å². The molecule has 0 heterocycles. The molecular formula is C30H24O3. The Morgan fingerprint density at radius 3 is 1.94 bits per heavy atom. The van der Waals surface area contributed by atoms with E-state index in [2.05, 4.69) is 66.8 Å². The van der Waals surface area contributed by atoms with Gasteiger partial charge in [0.15, 0.2) is 0 Å². The van der Waals surface area contributed by atoms with Crippen molar-refractivity contribution < 1.29 is 14.4 Å². The Balaban J connectivity index is 1.41. The molecule has 6 bridgehead atoms. The first kappa shape index (κ1) is 19.2. The normalized spacial score (nSPS) is 40.5. The van der Waals surface area contributed by atoms with Crippen molar-refractivity contribution in [3.63, 3.8) is 0 Å². The fraction of sp³-hybridized carbons (Fsp3) is 0.300. The minimum Gasteiger partial charge on any atom is -0.302 e. The summed E-state index contributed by atoms with van der Waals surface area (Å²) in [6.45, 7) is 0. The van der Waals surface area contributed by atoms with Crippen LogP contribution in [0.3, 0.4) is 0 Å². The maximum absolute atomic E-state index is 12.4. The Bertz CT molecular complexity index is 1310. The zero-order valence-corrected chi connectivity index (χ0v) is 18.2. The standard InChI is InChI=1S/C30H24O3/c31-17-28-14-25(28)20-3-7-23(8-4-20)29(18-32)15-26(29)21-5-9-24(10-6-21)30(19-33)16-27(30)12-1-2-22(28)11-13-27/h1-13,17-19,25-26H,14-16H2. The molecule has 3 fully saturated rings. The summed E-state index contributed by atoms with van der Waals surface area (Å²) in [7, 11) is 0. The number of rotatable bonds is 3. The third kappa shape index (κ3) is 2.23. The van der Waals surface area contributed by atoms with Crippen molar-refractivity contribution in [1.82, 2.24) is 0 Å². The highest BCUT2D eigenvalue weighted by molar-refractivity contribution is 5.81. The van der Waals surface area contributed by atoms with Gasteiger partial charge in [0.2, 0.25) is 0 Å². The predicted molar refractivity (Wildman–Crippen MR) is 125 cm³/mol. The number of benzene rings is 2. The summed E-state index contributed by atoms with van der Waals surface area (Å²) in [5.41, 5.74) is 3.42. The van der Waals surface area contributed by atoms with Gasteiger partial charge in [0.25, 0.3) is 0 Å². The lowest BCUT2D eigenvalue weighted by molar-refractivity contribution is -0.111. The van der Waals surface area contributed by atoms with Crippen LogP contribution in [-0.2, 0) is 25.2 Å². The van der Waals surface area contributed by atoms with E-state index in [-0.39, 0.29) is 17.3 Å². The van der Waals surface area contributed by atoms with Crippen molar-refractivity contribution in [3.05, 3.63) is 107 Å². The first-order valence-electron chi connectivity index (χ1n) is 11.8. The van der Waals surface area contributed by atoms with E-state index < -0.39 is 16.2 Å². The van der Waals surface area contributed by atoms with Gasteiger partial charge in [-0.25, -0.2) is 0 Å². The maximum Gasteiger partial charge on any atom is 0.131 e. The van der Waals surface area contributed by atoms with E-state index in [1.807, 2.05) is 12.2 Å². The SMILES string of the molecule is O=CC12CC1c1ccc(cc1)C1(C=O)CC1c1ccc(cc1)C1(C=O)CC13C=CC=C2C=C3. The summed E-state index contributed by atoms with van der Waals surface area (Å²) >= 11 is 0. The minimum absolute atomic E-state index is 0.138. The van der Waals surface area contributed by atoms with Crippen LogP contribution in [-0.4, -0.2) is 18.9 Å². The molecule has 0 amide bonds. The van der Waals surface area contributed by atoms with Gasteiger partial charge in [-0.05, 0) is 47.1 Å². The van der Waals surface area contributed by atoms with Crippen molar-refractivity contribution in [2.24, 2.45) is 10.8 Å². The molecule has 0 saturated heterocycles. The second-order valence-electron chi connectivity index (χ2n) is 10.7. The van der Waals surface area contributed by atoms with Crippen LogP contribution < -0.4 is 0 Å². The monoisotopic (exact) mass is 432 g/mol. The second kappa shape index (κ2) is 5.96. The minimum atomic E-state index is -0.579. The fourth-order valence-electron chi connectivity index (χ4n) is 6.87. The van der Waals surface area contributed by atoms with Crippen LogP contribution in [0.2, 0.25) is 0 Å². The molecule has 162 valence electrons. The van der Waals surface area contributed by atoms with Crippen LogP contribution in [0, 0.1) is 10.8 Å². The lowest BCUT2D eigenvalue weighted by Gasteiger charge is -2.17. The molecule has 0 aliphatic heterocycles. The highest BCUT2D eigenvalue weighted by Gasteiger charge is 2.66. The van der Waals surface area contributed by atoms with Gasteiger partial charge >= 0.3 is 0 Å². The Kier molecular flexibility index (Phi) is 3.46. The number of fused-ring (bicyclic) bond motifs is 2. The van der Waals surface area contributed by atoms with Crippen LogP contribution in [0.4, 0.5) is 0 Å². The lowest BCUT2D eigenvalue weighted by atomic mass is 9.85. The molecule has 3 saturated carbocycles. The first-order chi connectivity index (χ1) is 16.1. The smallest absolute Gasteiger partial charge is 0.131 e. The predicted octanol–water partition coefficient (Wildman–Crippen LogP) is 4.88. The summed E-state index contributed by atoms with van der Waals surface area (Å²) in [6, 6.07) is 16.7. The molecule has 6 atom stereocenters. The summed E-state index contributed by atoms with van der Waals surface area (Å²) in [5.74, 6) is 0.295. The summed E-state index contributed by atoms with van der Waals surface area (Å²) < 4.78 is 0. The van der Waals surface area contributed by atoms with Crippen molar-refractivity contribution in [2.75, 3.05) is 0 Å². The zero-order valence-electron chi connectivity index (χ0n) is 18.2. The Labute approximate surface area is 192 Å². The molecule has 3 heteroatoms. The second-order valence-corrected chi connectivity index (χ2v) is 10.7. The summed E-state index contributed by atoms with van der Waals surface area (Å²) in [6.07, 6.45) is 16.1. The number of allylic oxidation sites excluding steroid dienone is 6. The average Bonchev–Trinajstić information content (AvgIpc) is 3.77. The van der Waals surface area contributed by atoms with Crippen LogP contribution in [0.15, 0.2) is 84.5 Å². The van der Waals surface area contributed by atoms with E-state index in [0.717, 1.165) is 65.9 Å². The largest absolute Gasteiger partial charge is 0.302 e. The van der Waals surface area contributed by atoms with Crippen molar-refractivity contribution in [2.45, 2.75) is 41.9 Å². The van der Waals surface area contributed by atoms with Gasteiger partial charge in [-0.3, -0.25) is 0 Å². The van der Waals surface area contributed by atoms with Gasteiger partial charge in [0, 0.05) is 17.3 Å². The van der Waals surface area contributed by atoms with Crippen molar-refractivity contribution >= 4 is 18.9 Å². The molecule has 9 rings (SSSR count). The molecular weight excluding hydrogens is 408 g/mol. The number of carbonyl (C=O) groups excluding carboxylic acids is 3. The van der Waals surface area contributed by atoms with Gasteiger partial charge < -0.3 is 14.4 Å². The summed E-state index contributed by atoms with van der Waals surface area (Å²) in [5, 5.41) is 0. The van der Waals surface area contributed by atoms with Crippen LogP contribution >= 0.6 is 0 Å². The van der Waals surface area contributed by atoms with E-state index >= 15 is 0 Å². The Morgan fingerprint density at radius 1 is 0.697 bits per heavy atom. The highest BCUT2D eigenvalue weighted by Crippen LogP contribution is 2.68. The van der Waals surface area contributed by atoms with E-state index in [1.165, 1.54) is 0 Å². The fourth-order valence-corrected chi connectivity index (χ4v) is 6.87. The van der Waals surface area contributed by atoms with Crippen molar-refractivity contribution in [3.8, 4) is 0 Å². The quantitative estimate of drug-likeness (QED) is 0.650. The topological polar surface area (TPSA) is 51.2 Å². The van der Waals surface area contributed by atoms with Crippen LogP contribution in [0.25, 0.3) is 0 Å². The molecule has 2 aromatic rings. The van der Waals surface area contributed by atoms with E-state index in [0.29, 0.717) is 0 Å². The maximum atomic E-state index is 12.4. The number of hydrogen-bond donors (Lipinski definition) is 0. The molecule has 0 N–H and O–H groups in total. The molecule has 2 aromatic carbocycles. The average molecular weight is 433 g/mol. The van der Waals surface area contributed by atoms with Gasteiger partial charge in [0.1, 0.15) is 18.9 Å². The zero-order chi connectivity index (χ0) is 22.5. The van der Waals surface area contributed by atoms with Crippen molar-refractivity contribution in [1.29, 1.82) is 0 Å². The molecule has 0 radical (unpaired) electrons. The lowest BCUT2D eigenvalue weighted by Crippen LogP contribution is -2.18. The van der Waals surface area contributed by atoms with Gasteiger partial charge in [-0.15, -0.1) is 0 Å². The third-order valence-electron chi connectivity index (χ3n) is 9.35. The molecule has 33 heavy (non-hydrogen) atoms.